The zero-order valence-electron chi connectivity index (χ0n) is 17.2. The molecular weight excluding hydrogens is 438 g/mol. The Labute approximate surface area is 187 Å². The topological polar surface area (TPSA) is 53.5 Å². The molecule has 3 aromatic rings. The number of nitrogens with zero attached hydrogens (tertiary/aromatic N) is 3. The number of hydrogen-bond acceptors (Lipinski definition) is 5. The van der Waals surface area contributed by atoms with Crippen molar-refractivity contribution in [2.24, 2.45) is 0 Å². The van der Waals surface area contributed by atoms with Gasteiger partial charge in [-0.15, -0.1) is 11.3 Å². The Morgan fingerprint density at radius 3 is 2.17 bits per heavy atom. The van der Waals surface area contributed by atoms with Crippen molar-refractivity contribution >= 4 is 38.1 Å². The summed E-state index contributed by atoms with van der Waals surface area (Å²) in [6.45, 7) is 8.44. The molecule has 0 atom stereocenters. The van der Waals surface area contributed by atoms with Gasteiger partial charge in [-0.3, -0.25) is 0 Å². The van der Waals surface area contributed by atoms with E-state index in [1.165, 1.54) is 26.6 Å². The summed E-state index contributed by atoms with van der Waals surface area (Å²) in [7, 11) is -3.51. The molecule has 4 rings (SSSR count). The van der Waals surface area contributed by atoms with Gasteiger partial charge in [-0.05, 0) is 56.2 Å². The molecule has 0 bridgehead atoms. The minimum absolute atomic E-state index is 0.280. The molecule has 1 aromatic heterocycles. The number of aryl methyl sites for hydroxylation is 3. The van der Waals surface area contributed by atoms with E-state index in [1.54, 1.807) is 35.6 Å². The van der Waals surface area contributed by atoms with Crippen LogP contribution in [0.15, 0.2) is 46.7 Å². The molecule has 0 radical (unpaired) electrons. The predicted molar refractivity (Wildman–Crippen MR) is 124 cm³/mol. The number of benzene rings is 2. The lowest BCUT2D eigenvalue weighted by atomic mass is 9.98. The standard InChI is InChI=1S/C22H24ClN3O2S2/c1-15-12-16(2)21(17(3)13-15)20-14-29-22(24-20)25-8-10-26(11-9-25)30(27,28)19-6-4-18(23)5-7-19/h4-7,12-14H,8-11H2,1-3H3. The van der Waals surface area contributed by atoms with Crippen LogP contribution in [-0.4, -0.2) is 43.9 Å². The third kappa shape index (κ3) is 4.12. The van der Waals surface area contributed by atoms with Crippen molar-refractivity contribution in [3.05, 3.63) is 63.5 Å². The molecule has 1 saturated heterocycles. The van der Waals surface area contributed by atoms with E-state index >= 15 is 0 Å². The predicted octanol–water partition coefficient (Wildman–Crippen LogP) is 4.90. The van der Waals surface area contributed by atoms with Crippen LogP contribution in [0.1, 0.15) is 16.7 Å². The smallest absolute Gasteiger partial charge is 0.243 e. The third-order valence-electron chi connectivity index (χ3n) is 5.39. The summed E-state index contributed by atoms with van der Waals surface area (Å²) in [5.41, 5.74) is 5.88. The Kier molecular flexibility index (Phi) is 5.90. The van der Waals surface area contributed by atoms with Gasteiger partial charge >= 0.3 is 0 Å². The maximum Gasteiger partial charge on any atom is 0.243 e. The summed E-state index contributed by atoms with van der Waals surface area (Å²) >= 11 is 7.50. The summed E-state index contributed by atoms with van der Waals surface area (Å²) < 4.78 is 27.3. The van der Waals surface area contributed by atoms with E-state index in [4.69, 9.17) is 16.6 Å². The summed E-state index contributed by atoms with van der Waals surface area (Å²) in [4.78, 5) is 7.32. The fourth-order valence-corrected chi connectivity index (χ4v) is 6.40. The van der Waals surface area contributed by atoms with Crippen molar-refractivity contribution in [3.8, 4) is 11.3 Å². The van der Waals surface area contributed by atoms with Crippen LogP contribution < -0.4 is 4.90 Å². The summed E-state index contributed by atoms with van der Waals surface area (Å²) in [5.74, 6) is 0. The quantitative estimate of drug-likeness (QED) is 0.554. The first-order valence-electron chi connectivity index (χ1n) is 9.80. The maximum absolute atomic E-state index is 12.9. The minimum atomic E-state index is -3.51. The maximum atomic E-state index is 12.9. The van der Waals surface area contributed by atoms with Gasteiger partial charge < -0.3 is 4.90 Å². The van der Waals surface area contributed by atoms with Crippen molar-refractivity contribution in [1.82, 2.24) is 9.29 Å². The highest BCUT2D eigenvalue weighted by Gasteiger charge is 2.29. The monoisotopic (exact) mass is 461 g/mol. The van der Waals surface area contributed by atoms with Gasteiger partial charge in [-0.2, -0.15) is 4.31 Å². The fraction of sp³-hybridized carbons (Fsp3) is 0.318. The van der Waals surface area contributed by atoms with Gasteiger partial charge in [0.1, 0.15) is 0 Å². The van der Waals surface area contributed by atoms with Crippen molar-refractivity contribution < 1.29 is 8.42 Å². The highest BCUT2D eigenvalue weighted by Crippen LogP contribution is 2.33. The van der Waals surface area contributed by atoms with Gasteiger partial charge in [-0.1, -0.05) is 29.3 Å². The molecule has 2 heterocycles. The first-order chi connectivity index (χ1) is 14.3. The van der Waals surface area contributed by atoms with Gasteiger partial charge in [0.2, 0.25) is 10.0 Å². The molecule has 2 aromatic carbocycles. The molecule has 0 saturated carbocycles. The second kappa shape index (κ2) is 8.30. The molecule has 8 heteroatoms. The normalized spacial score (nSPS) is 15.5. The lowest BCUT2D eigenvalue weighted by molar-refractivity contribution is 0.385. The van der Waals surface area contributed by atoms with Gasteiger partial charge in [0.05, 0.1) is 10.6 Å². The van der Waals surface area contributed by atoms with Crippen molar-refractivity contribution in [2.75, 3.05) is 31.1 Å². The minimum Gasteiger partial charge on any atom is -0.345 e. The van der Waals surface area contributed by atoms with Crippen LogP contribution in [-0.2, 0) is 10.0 Å². The van der Waals surface area contributed by atoms with E-state index in [1.807, 2.05) is 0 Å². The van der Waals surface area contributed by atoms with Crippen LogP contribution in [0.4, 0.5) is 5.13 Å². The Bertz CT molecular complexity index is 1140. The van der Waals surface area contributed by atoms with E-state index in [9.17, 15) is 8.42 Å². The molecule has 1 aliphatic rings. The molecule has 158 valence electrons. The Morgan fingerprint density at radius 1 is 0.967 bits per heavy atom. The van der Waals surface area contributed by atoms with E-state index in [0.717, 1.165) is 10.8 Å². The Morgan fingerprint density at radius 2 is 1.57 bits per heavy atom. The highest BCUT2D eigenvalue weighted by atomic mass is 35.5. The number of halogens is 1. The number of aromatic nitrogens is 1. The zero-order chi connectivity index (χ0) is 21.5. The van der Waals surface area contributed by atoms with Crippen LogP contribution in [0.3, 0.4) is 0 Å². The average molecular weight is 462 g/mol. The number of sulfonamides is 1. The second-order valence-electron chi connectivity index (χ2n) is 7.63. The molecule has 5 nitrogen and oxygen atoms in total. The summed E-state index contributed by atoms with van der Waals surface area (Å²) in [6.07, 6.45) is 0. The fourth-order valence-electron chi connectivity index (χ4n) is 3.98. The van der Waals surface area contributed by atoms with Crippen LogP contribution in [0.2, 0.25) is 5.02 Å². The Balaban J connectivity index is 1.49. The molecule has 0 aliphatic carbocycles. The Hall–Kier alpha value is -1.93. The van der Waals surface area contributed by atoms with Gasteiger partial charge in [0.15, 0.2) is 5.13 Å². The molecule has 0 unspecified atom stereocenters. The van der Waals surface area contributed by atoms with Crippen LogP contribution >= 0.6 is 22.9 Å². The highest BCUT2D eigenvalue weighted by molar-refractivity contribution is 7.89. The number of thiazole rings is 1. The molecular formula is C22H24ClN3O2S2. The lowest BCUT2D eigenvalue weighted by Gasteiger charge is -2.33. The first-order valence-corrected chi connectivity index (χ1v) is 12.5. The van der Waals surface area contributed by atoms with Crippen LogP contribution in [0.25, 0.3) is 11.3 Å². The van der Waals surface area contributed by atoms with Crippen molar-refractivity contribution in [2.45, 2.75) is 25.7 Å². The first kappa shape index (κ1) is 21.3. The molecule has 1 aliphatic heterocycles. The largest absolute Gasteiger partial charge is 0.345 e. The van der Waals surface area contributed by atoms with Crippen molar-refractivity contribution in [1.29, 1.82) is 0 Å². The zero-order valence-corrected chi connectivity index (χ0v) is 19.6. The van der Waals surface area contributed by atoms with Gasteiger partial charge in [0.25, 0.3) is 0 Å². The van der Waals surface area contributed by atoms with E-state index < -0.39 is 10.0 Å². The number of rotatable bonds is 4. The molecule has 30 heavy (non-hydrogen) atoms. The third-order valence-corrected chi connectivity index (χ3v) is 8.45. The molecule has 1 fully saturated rings. The van der Waals surface area contributed by atoms with Crippen LogP contribution in [0.5, 0.6) is 0 Å². The van der Waals surface area contributed by atoms with Gasteiger partial charge in [-0.25, -0.2) is 13.4 Å². The molecule has 0 amide bonds. The van der Waals surface area contributed by atoms with E-state index in [0.29, 0.717) is 31.2 Å². The van der Waals surface area contributed by atoms with Crippen LogP contribution in [0, 0.1) is 20.8 Å². The SMILES string of the molecule is Cc1cc(C)c(-c2csc(N3CCN(S(=O)(=O)c4ccc(Cl)cc4)CC3)n2)c(C)c1. The number of hydrogen-bond donors (Lipinski definition) is 0. The molecule has 0 N–H and O–H groups in total. The summed E-state index contributed by atoms with van der Waals surface area (Å²) in [6, 6.07) is 10.7. The summed E-state index contributed by atoms with van der Waals surface area (Å²) in [5, 5.41) is 3.56. The second-order valence-corrected chi connectivity index (χ2v) is 10.8. The molecule has 0 spiro atoms. The van der Waals surface area contributed by atoms with E-state index in [-0.39, 0.29) is 4.90 Å². The average Bonchev–Trinajstić information content (AvgIpc) is 3.17. The number of piperazine rings is 1. The van der Waals surface area contributed by atoms with Crippen molar-refractivity contribution in [3.63, 3.8) is 0 Å². The number of anilines is 1. The van der Waals surface area contributed by atoms with E-state index in [2.05, 4.69) is 43.2 Å². The van der Waals surface area contributed by atoms with Gasteiger partial charge in [0, 0.05) is 42.1 Å². The lowest BCUT2D eigenvalue weighted by Crippen LogP contribution is -2.48.